The second-order valence-corrected chi connectivity index (χ2v) is 5.79. The molecule has 1 aliphatic rings. The van der Waals surface area contributed by atoms with Crippen molar-refractivity contribution in [3.8, 4) is 5.75 Å². The van der Waals surface area contributed by atoms with Crippen molar-refractivity contribution in [2.75, 3.05) is 6.54 Å². The van der Waals surface area contributed by atoms with E-state index in [9.17, 15) is 18.4 Å². The van der Waals surface area contributed by atoms with Crippen molar-refractivity contribution in [1.82, 2.24) is 4.90 Å². The fourth-order valence-corrected chi connectivity index (χ4v) is 2.65. The molecule has 0 aliphatic carbocycles. The van der Waals surface area contributed by atoms with E-state index in [0.717, 1.165) is 12.1 Å². The third-order valence-electron chi connectivity index (χ3n) is 4.07. The summed E-state index contributed by atoms with van der Waals surface area (Å²) in [5.41, 5.74) is 0. The molecule has 1 N–H and O–H groups in total. The molecule has 2 rings (SSSR count). The highest BCUT2D eigenvalue weighted by atomic mass is 19.2. The van der Waals surface area contributed by atoms with Crippen molar-refractivity contribution in [1.29, 1.82) is 0 Å². The van der Waals surface area contributed by atoms with Gasteiger partial charge in [0.05, 0.1) is 5.92 Å². The van der Waals surface area contributed by atoms with Gasteiger partial charge in [-0.05, 0) is 38.8 Å². The number of carboxylic acid groups (broad SMARTS) is 1. The van der Waals surface area contributed by atoms with Crippen molar-refractivity contribution >= 4 is 11.9 Å². The van der Waals surface area contributed by atoms with Crippen molar-refractivity contribution < 1.29 is 28.2 Å². The highest BCUT2D eigenvalue weighted by Crippen LogP contribution is 2.24. The van der Waals surface area contributed by atoms with Gasteiger partial charge in [0.15, 0.2) is 17.7 Å². The van der Waals surface area contributed by atoms with E-state index in [1.807, 2.05) is 6.92 Å². The standard InChI is InChI=1S/C16H19F2NO4/c1-9-3-4-11(16(21)22)8-19(9)15(20)10(2)23-12-5-6-13(17)14(18)7-12/h5-7,9-11H,3-4,8H2,1-2H3,(H,21,22). The molecule has 1 heterocycles. The molecule has 23 heavy (non-hydrogen) atoms. The lowest BCUT2D eigenvalue weighted by Crippen LogP contribution is -2.51. The molecule has 1 aliphatic heterocycles. The minimum atomic E-state index is -1.06. The number of halogens is 2. The van der Waals surface area contributed by atoms with Crippen LogP contribution in [0.4, 0.5) is 8.78 Å². The Balaban J connectivity index is 2.05. The van der Waals surface area contributed by atoms with E-state index >= 15 is 0 Å². The number of carbonyl (C=O) groups is 2. The Bertz CT molecular complexity index is 608. The predicted molar refractivity (Wildman–Crippen MR) is 78.0 cm³/mol. The quantitative estimate of drug-likeness (QED) is 0.922. The van der Waals surface area contributed by atoms with Gasteiger partial charge in [-0.15, -0.1) is 0 Å². The number of benzene rings is 1. The number of nitrogens with zero attached hydrogens (tertiary/aromatic N) is 1. The number of amides is 1. The summed E-state index contributed by atoms with van der Waals surface area (Å²) in [5, 5.41) is 9.11. The average molecular weight is 327 g/mol. The van der Waals surface area contributed by atoms with Crippen LogP contribution in [0.5, 0.6) is 5.75 Å². The van der Waals surface area contributed by atoms with Gasteiger partial charge in [0.2, 0.25) is 0 Å². The predicted octanol–water partition coefficient (Wildman–Crippen LogP) is 2.44. The van der Waals surface area contributed by atoms with E-state index in [2.05, 4.69) is 0 Å². The lowest BCUT2D eigenvalue weighted by molar-refractivity contribution is -0.149. The van der Waals surface area contributed by atoms with Crippen molar-refractivity contribution in [2.45, 2.75) is 38.8 Å². The number of hydrogen-bond donors (Lipinski definition) is 1. The Morgan fingerprint density at radius 3 is 2.61 bits per heavy atom. The molecule has 0 saturated carbocycles. The van der Waals surface area contributed by atoms with Crippen LogP contribution in [-0.2, 0) is 9.59 Å². The summed E-state index contributed by atoms with van der Waals surface area (Å²) in [6.45, 7) is 3.47. The lowest BCUT2D eigenvalue weighted by atomic mass is 9.93. The normalized spacial score (nSPS) is 22.5. The SMILES string of the molecule is CC(Oc1ccc(F)c(F)c1)C(=O)N1CC(C(=O)O)CCC1C. The molecule has 1 aromatic carbocycles. The van der Waals surface area contributed by atoms with Gasteiger partial charge in [-0.3, -0.25) is 9.59 Å². The minimum Gasteiger partial charge on any atom is -0.481 e. The van der Waals surface area contributed by atoms with Crippen LogP contribution in [0.15, 0.2) is 18.2 Å². The van der Waals surface area contributed by atoms with Gasteiger partial charge in [-0.1, -0.05) is 0 Å². The Morgan fingerprint density at radius 1 is 1.30 bits per heavy atom. The zero-order valence-electron chi connectivity index (χ0n) is 13.0. The summed E-state index contributed by atoms with van der Waals surface area (Å²) in [4.78, 5) is 25.1. The summed E-state index contributed by atoms with van der Waals surface area (Å²) in [6.07, 6.45) is 0.203. The summed E-state index contributed by atoms with van der Waals surface area (Å²) in [7, 11) is 0. The van der Waals surface area contributed by atoms with Crippen LogP contribution in [-0.4, -0.2) is 40.6 Å². The molecular formula is C16H19F2NO4. The third kappa shape index (κ3) is 3.97. The van der Waals surface area contributed by atoms with E-state index in [1.165, 1.54) is 17.9 Å². The van der Waals surface area contributed by atoms with Gasteiger partial charge in [-0.25, -0.2) is 8.78 Å². The number of carbonyl (C=O) groups excluding carboxylic acids is 1. The molecule has 1 fully saturated rings. The molecule has 0 bridgehead atoms. The first-order valence-electron chi connectivity index (χ1n) is 7.44. The topological polar surface area (TPSA) is 66.8 Å². The molecule has 1 amide bonds. The number of likely N-dealkylation sites (tertiary alicyclic amines) is 1. The Hall–Kier alpha value is -2.18. The maximum absolute atomic E-state index is 13.2. The fourth-order valence-electron chi connectivity index (χ4n) is 2.65. The number of aliphatic carboxylic acids is 1. The van der Waals surface area contributed by atoms with Crippen LogP contribution in [0.25, 0.3) is 0 Å². The average Bonchev–Trinajstić information content (AvgIpc) is 2.50. The van der Waals surface area contributed by atoms with Crippen LogP contribution < -0.4 is 4.74 Å². The maximum Gasteiger partial charge on any atom is 0.308 e. The second kappa shape index (κ2) is 6.93. The summed E-state index contributed by atoms with van der Waals surface area (Å²) in [5.74, 6) is -3.89. The third-order valence-corrected chi connectivity index (χ3v) is 4.07. The molecular weight excluding hydrogens is 308 g/mol. The molecule has 3 atom stereocenters. The molecule has 1 aromatic rings. The molecule has 126 valence electrons. The summed E-state index contributed by atoms with van der Waals surface area (Å²) < 4.78 is 31.4. The molecule has 7 heteroatoms. The van der Waals surface area contributed by atoms with Crippen molar-refractivity contribution in [3.63, 3.8) is 0 Å². The molecule has 1 saturated heterocycles. The van der Waals surface area contributed by atoms with E-state index in [4.69, 9.17) is 9.84 Å². The zero-order valence-corrected chi connectivity index (χ0v) is 13.0. The van der Waals surface area contributed by atoms with Gasteiger partial charge in [0, 0.05) is 18.7 Å². The Kier molecular flexibility index (Phi) is 5.18. The first-order chi connectivity index (χ1) is 10.8. The Labute approximate surface area is 132 Å². The van der Waals surface area contributed by atoms with Gasteiger partial charge < -0.3 is 14.7 Å². The summed E-state index contributed by atoms with van der Waals surface area (Å²) in [6, 6.07) is 2.95. The van der Waals surface area contributed by atoms with Gasteiger partial charge in [0.25, 0.3) is 5.91 Å². The van der Waals surface area contributed by atoms with Crippen LogP contribution in [0.1, 0.15) is 26.7 Å². The van der Waals surface area contributed by atoms with Crippen LogP contribution in [0.3, 0.4) is 0 Å². The highest BCUT2D eigenvalue weighted by Gasteiger charge is 2.34. The second-order valence-electron chi connectivity index (χ2n) is 5.79. The summed E-state index contributed by atoms with van der Waals surface area (Å²) >= 11 is 0. The van der Waals surface area contributed by atoms with Crippen LogP contribution >= 0.6 is 0 Å². The van der Waals surface area contributed by atoms with Crippen LogP contribution in [0.2, 0.25) is 0 Å². The van der Waals surface area contributed by atoms with Crippen LogP contribution in [0, 0.1) is 17.6 Å². The van der Waals surface area contributed by atoms with E-state index in [-0.39, 0.29) is 24.2 Å². The zero-order chi connectivity index (χ0) is 17.1. The van der Waals surface area contributed by atoms with E-state index in [1.54, 1.807) is 0 Å². The molecule has 3 unspecified atom stereocenters. The van der Waals surface area contributed by atoms with Crippen molar-refractivity contribution in [3.05, 3.63) is 29.8 Å². The number of hydrogen-bond acceptors (Lipinski definition) is 3. The molecule has 0 radical (unpaired) electrons. The monoisotopic (exact) mass is 327 g/mol. The lowest BCUT2D eigenvalue weighted by Gasteiger charge is -2.37. The largest absolute Gasteiger partial charge is 0.481 e. The van der Waals surface area contributed by atoms with Crippen molar-refractivity contribution in [2.24, 2.45) is 5.92 Å². The highest BCUT2D eigenvalue weighted by molar-refractivity contribution is 5.82. The minimum absolute atomic E-state index is 0.0456. The number of rotatable bonds is 4. The van der Waals surface area contributed by atoms with Gasteiger partial charge in [-0.2, -0.15) is 0 Å². The first kappa shape index (κ1) is 17.2. The molecule has 5 nitrogen and oxygen atoms in total. The number of carboxylic acids is 1. The smallest absolute Gasteiger partial charge is 0.308 e. The van der Waals surface area contributed by atoms with Gasteiger partial charge in [0.1, 0.15) is 5.75 Å². The Morgan fingerprint density at radius 2 is 2.00 bits per heavy atom. The van der Waals surface area contributed by atoms with E-state index in [0.29, 0.717) is 12.8 Å². The molecule has 0 aromatic heterocycles. The molecule has 0 spiro atoms. The first-order valence-corrected chi connectivity index (χ1v) is 7.44. The van der Waals surface area contributed by atoms with Gasteiger partial charge >= 0.3 is 5.97 Å². The number of piperidine rings is 1. The van der Waals surface area contributed by atoms with E-state index < -0.39 is 29.6 Å². The number of ether oxygens (including phenoxy) is 1. The fraction of sp³-hybridized carbons (Fsp3) is 0.500. The maximum atomic E-state index is 13.2.